The second-order valence-electron chi connectivity index (χ2n) is 6.75. The van der Waals surface area contributed by atoms with Crippen LogP contribution in [0.1, 0.15) is 22.5 Å². The molecule has 0 aliphatic carbocycles. The molecule has 0 bridgehead atoms. The van der Waals surface area contributed by atoms with E-state index in [0.29, 0.717) is 28.1 Å². The van der Waals surface area contributed by atoms with E-state index >= 15 is 0 Å². The zero-order valence-corrected chi connectivity index (χ0v) is 15.7. The first kappa shape index (κ1) is 18.1. The summed E-state index contributed by atoms with van der Waals surface area (Å²) in [5, 5.41) is 4.67. The Morgan fingerprint density at radius 1 is 1.11 bits per heavy atom. The van der Waals surface area contributed by atoms with Crippen LogP contribution in [0.5, 0.6) is 0 Å². The Bertz CT molecular complexity index is 1050. The van der Waals surface area contributed by atoms with E-state index in [1.165, 1.54) is 18.2 Å². The Balaban J connectivity index is 1.99. The first-order valence-electron chi connectivity index (χ1n) is 8.34. The third kappa shape index (κ3) is 2.75. The summed E-state index contributed by atoms with van der Waals surface area (Å²) in [4.78, 5) is 0. The molecule has 2 heterocycles. The van der Waals surface area contributed by atoms with Crippen molar-refractivity contribution in [2.75, 3.05) is 6.61 Å². The van der Waals surface area contributed by atoms with Crippen LogP contribution in [-0.4, -0.2) is 16.4 Å². The highest BCUT2D eigenvalue weighted by atomic mass is 35.5. The Morgan fingerprint density at radius 3 is 2.41 bits per heavy atom. The fourth-order valence-corrected chi connectivity index (χ4v) is 4.08. The maximum absolute atomic E-state index is 14.7. The third-order valence-electron chi connectivity index (χ3n) is 4.89. The number of aryl methyl sites for hydroxylation is 3. The zero-order valence-electron chi connectivity index (χ0n) is 14.9. The van der Waals surface area contributed by atoms with Gasteiger partial charge in [-0.3, -0.25) is 4.68 Å². The van der Waals surface area contributed by atoms with Crippen molar-refractivity contribution in [3.8, 4) is 11.1 Å². The van der Waals surface area contributed by atoms with Gasteiger partial charge in [0.1, 0.15) is 17.5 Å². The van der Waals surface area contributed by atoms with Crippen LogP contribution >= 0.6 is 11.6 Å². The molecule has 0 saturated carbocycles. The van der Waals surface area contributed by atoms with Gasteiger partial charge in [-0.25, -0.2) is 13.2 Å². The Morgan fingerprint density at radius 2 is 1.81 bits per heavy atom. The molecule has 1 aliphatic heterocycles. The maximum atomic E-state index is 14.7. The molecule has 1 saturated heterocycles. The molecule has 4 rings (SSSR count). The monoisotopic (exact) mass is 392 g/mol. The molecule has 1 fully saturated rings. The molecule has 0 N–H and O–H groups in total. The van der Waals surface area contributed by atoms with Crippen LogP contribution in [0.2, 0.25) is 5.02 Å². The molecule has 27 heavy (non-hydrogen) atoms. The molecule has 1 aromatic heterocycles. The first-order chi connectivity index (χ1) is 12.7. The molecule has 0 spiro atoms. The van der Waals surface area contributed by atoms with Crippen molar-refractivity contribution in [1.82, 2.24) is 9.78 Å². The Labute approximate surface area is 159 Å². The minimum atomic E-state index is -1.09. The second kappa shape index (κ2) is 6.11. The number of hydrogen-bond acceptors (Lipinski definition) is 2. The number of nitrogens with zero attached hydrogens (tertiary/aromatic N) is 2. The lowest BCUT2D eigenvalue weighted by Gasteiger charge is -2.19. The number of aromatic nitrogens is 2. The molecule has 3 nitrogen and oxygen atoms in total. The van der Waals surface area contributed by atoms with Gasteiger partial charge in [-0.1, -0.05) is 11.6 Å². The Hall–Kier alpha value is -2.31. The number of epoxide rings is 1. The number of ether oxygens (including phenoxy) is 1. The van der Waals surface area contributed by atoms with Gasteiger partial charge in [0.2, 0.25) is 0 Å². The summed E-state index contributed by atoms with van der Waals surface area (Å²) < 4.78 is 49.2. The summed E-state index contributed by atoms with van der Waals surface area (Å²) >= 11 is 6.28. The average molecular weight is 393 g/mol. The minimum absolute atomic E-state index is 0.222. The lowest BCUT2D eigenvalue weighted by atomic mass is 9.87. The molecule has 1 unspecified atom stereocenters. The summed E-state index contributed by atoms with van der Waals surface area (Å²) in [7, 11) is 1.73. The number of benzene rings is 2. The van der Waals surface area contributed by atoms with E-state index in [1.807, 2.05) is 0 Å². The normalized spacial score (nSPS) is 18.8. The topological polar surface area (TPSA) is 30.4 Å². The number of hydrogen-bond donors (Lipinski definition) is 0. The van der Waals surface area contributed by atoms with E-state index in [-0.39, 0.29) is 17.2 Å². The molecular formula is C20H16ClF3N2O. The van der Waals surface area contributed by atoms with Crippen LogP contribution in [0, 0.1) is 31.3 Å². The predicted octanol–water partition coefficient (Wildman–Crippen LogP) is 5.05. The van der Waals surface area contributed by atoms with Gasteiger partial charge in [-0.15, -0.1) is 0 Å². The largest absolute Gasteiger partial charge is 0.358 e. The molecule has 1 aliphatic rings. The molecule has 7 heteroatoms. The maximum Gasteiger partial charge on any atom is 0.162 e. The van der Waals surface area contributed by atoms with Gasteiger partial charge in [-0.2, -0.15) is 5.10 Å². The van der Waals surface area contributed by atoms with E-state index in [1.54, 1.807) is 31.6 Å². The van der Waals surface area contributed by atoms with Crippen molar-refractivity contribution in [3.63, 3.8) is 0 Å². The van der Waals surface area contributed by atoms with Gasteiger partial charge >= 0.3 is 0 Å². The van der Waals surface area contributed by atoms with Crippen molar-refractivity contribution in [3.05, 3.63) is 75.3 Å². The fraction of sp³-hybridized carbons (Fsp3) is 0.250. The van der Waals surface area contributed by atoms with Crippen LogP contribution in [0.25, 0.3) is 11.1 Å². The van der Waals surface area contributed by atoms with E-state index in [9.17, 15) is 13.2 Å². The van der Waals surface area contributed by atoms with Crippen molar-refractivity contribution in [1.29, 1.82) is 0 Å². The molecule has 0 radical (unpaired) electrons. The van der Waals surface area contributed by atoms with E-state index < -0.39 is 23.1 Å². The highest BCUT2D eigenvalue weighted by Gasteiger charge is 2.55. The van der Waals surface area contributed by atoms with Crippen molar-refractivity contribution in [2.24, 2.45) is 7.05 Å². The third-order valence-corrected chi connectivity index (χ3v) is 5.21. The molecular weight excluding hydrogens is 377 g/mol. The number of rotatable bonds is 3. The molecule has 3 aromatic rings. The van der Waals surface area contributed by atoms with Gasteiger partial charge in [-0.05, 0) is 43.7 Å². The minimum Gasteiger partial charge on any atom is -0.358 e. The smallest absolute Gasteiger partial charge is 0.162 e. The van der Waals surface area contributed by atoms with Gasteiger partial charge in [0.05, 0.1) is 23.0 Å². The second-order valence-corrected chi connectivity index (χ2v) is 7.16. The molecule has 140 valence electrons. The molecule has 2 aromatic carbocycles. The quantitative estimate of drug-likeness (QED) is 0.584. The number of halogens is 4. The standard InChI is InChI=1S/C20H16ClF3N2O/c1-10-6-13(23)8-16(24)18(10)20(9-27-20)19-17(11(2)25-26(19)3)14-5-4-12(22)7-15(14)21/h4-8H,9H2,1-3H3. The average Bonchev–Trinajstić information content (AvgIpc) is 3.26. The van der Waals surface area contributed by atoms with Gasteiger partial charge in [0, 0.05) is 29.8 Å². The lowest BCUT2D eigenvalue weighted by Crippen LogP contribution is -2.20. The van der Waals surface area contributed by atoms with Crippen molar-refractivity contribution >= 4 is 11.6 Å². The van der Waals surface area contributed by atoms with E-state index in [0.717, 1.165) is 6.07 Å². The highest BCUT2D eigenvalue weighted by Crippen LogP contribution is 2.51. The van der Waals surface area contributed by atoms with Crippen molar-refractivity contribution in [2.45, 2.75) is 19.4 Å². The van der Waals surface area contributed by atoms with Crippen LogP contribution < -0.4 is 0 Å². The zero-order chi connectivity index (χ0) is 19.5. The predicted molar refractivity (Wildman–Crippen MR) is 96.2 cm³/mol. The van der Waals surface area contributed by atoms with Gasteiger partial charge in [0.15, 0.2) is 5.60 Å². The SMILES string of the molecule is Cc1cc(F)cc(F)c1C1(c2c(-c3ccc(F)cc3Cl)c(C)nn2C)CO1. The summed E-state index contributed by atoms with van der Waals surface area (Å²) in [6.07, 6.45) is 0. The van der Waals surface area contributed by atoms with Crippen LogP contribution in [0.4, 0.5) is 13.2 Å². The van der Waals surface area contributed by atoms with E-state index in [4.69, 9.17) is 16.3 Å². The van der Waals surface area contributed by atoms with Gasteiger partial charge < -0.3 is 4.74 Å². The summed E-state index contributed by atoms with van der Waals surface area (Å²) in [5.74, 6) is -1.78. The molecule has 1 atom stereocenters. The molecule has 0 amide bonds. The van der Waals surface area contributed by atoms with Crippen LogP contribution in [0.15, 0.2) is 30.3 Å². The van der Waals surface area contributed by atoms with E-state index in [2.05, 4.69) is 5.10 Å². The van der Waals surface area contributed by atoms with Crippen molar-refractivity contribution < 1.29 is 17.9 Å². The first-order valence-corrected chi connectivity index (χ1v) is 8.72. The van der Waals surface area contributed by atoms with Crippen LogP contribution in [0.3, 0.4) is 0 Å². The van der Waals surface area contributed by atoms with Gasteiger partial charge in [0.25, 0.3) is 0 Å². The Kier molecular flexibility index (Phi) is 4.09. The summed E-state index contributed by atoms with van der Waals surface area (Å²) in [6.45, 7) is 3.66. The fourth-order valence-electron chi connectivity index (χ4n) is 3.82. The summed E-state index contributed by atoms with van der Waals surface area (Å²) in [6, 6.07) is 6.21. The summed E-state index contributed by atoms with van der Waals surface area (Å²) in [5.41, 5.74) is 2.10. The lowest BCUT2D eigenvalue weighted by molar-refractivity contribution is 0.327. The highest BCUT2D eigenvalue weighted by molar-refractivity contribution is 6.33. The van der Waals surface area contributed by atoms with Crippen LogP contribution in [-0.2, 0) is 17.4 Å².